The Bertz CT molecular complexity index is 393. The van der Waals surface area contributed by atoms with Crippen molar-refractivity contribution in [3.05, 3.63) is 12.2 Å². The van der Waals surface area contributed by atoms with E-state index >= 15 is 0 Å². The highest BCUT2D eigenvalue weighted by Gasteiger charge is 2.34. The van der Waals surface area contributed by atoms with Crippen LogP contribution in [0.4, 0.5) is 0 Å². The molecule has 3 N–H and O–H groups in total. The van der Waals surface area contributed by atoms with Crippen LogP contribution in [-0.2, 0) is 14.3 Å². The average Bonchev–Trinajstić information content (AvgIpc) is 3.25. The Morgan fingerprint density at radius 1 is 1.35 bits per heavy atom. The minimum atomic E-state index is -0.498. The fraction of sp³-hybridized carbons (Fsp3) is 0.714. The van der Waals surface area contributed by atoms with Crippen LogP contribution in [0.25, 0.3) is 0 Å². The molecule has 0 aromatic heterocycles. The van der Waals surface area contributed by atoms with Gasteiger partial charge in [0.15, 0.2) is 0 Å². The van der Waals surface area contributed by atoms with Crippen LogP contribution in [0.1, 0.15) is 26.2 Å². The fourth-order valence-electron chi connectivity index (χ4n) is 2.22. The van der Waals surface area contributed by atoms with E-state index in [0.717, 1.165) is 12.8 Å². The number of carbonyl (C=O) groups is 2. The van der Waals surface area contributed by atoms with Gasteiger partial charge in [0.1, 0.15) is 6.10 Å². The zero-order chi connectivity index (χ0) is 14.5. The van der Waals surface area contributed by atoms with Crippen LogP contribution in [0.3, 0.4) is 0 Å². The third-order valence-electron chi connectivity index (χ3n) is 3.48. The molecule has 0 unspecified atom stereocenters. The van der Waals surface area contributed by atoms with Crippen LogP contribution in [-0.4, -0.2) is 48.3 Å². The monoisotopic (exact) mass is 282 g/mol. The van der Waals surface area contributed by atoms with Crippen molar-refractivity contribution in [3.8, 4) is 0 Å². The Hall–Kier alpha value is -1.40. The van der Waals surface area contributed by atoms with E-state index in [0.29, 0.717) is 6.54 Å². The maximum Gasteiger partial charge on any atom is 0.223 e. The van der Waals surface area contributed by atoms with Crippen molar-refractivity contribution < 1.29 is 19.4 Å². The van der Waals surface area contributed by atoms with Crippen molar-refractivity contribution in [2.45, 2.75) is 44.4 Å². The van der Waals surface area contributed by atoms with Gasteiger partial charge in [-0.15, -0.1) is 0 Å². The molecule has 0 saturated heterocycles. The molecule has 1 aliphatic carbocycles. The topological polar surface area (TPSA) is 87.7 Å². The van der Waals surface area contributed by atoms with Crippen molar-refractivity contribution in [2.75, 3.05) is 13.2 Å². The van der Waals surface area contributed by atoms with E-state index < -0.39 is 6.10 Å². The normalized spacial score (nSPS) is 29.0. The second-order valence-corrected chi connectivity index (χ2v) is 5.25. The van der Waals surface area contributed by atoms with Crippen molar-refractivity contribution in [3.63, 3.8) is 0 Å². The van der Waals surface area contributed by atoms with Gasteiger partial charge in [-0.1, -0.05) is 12.2 Å². The zero-order valence-electron chi connectivity index (χ0n) is 11.7. The lowest BCUT2D eigenvalue weighted by atomic mass is 10.0. The molecule has 0 bridgehead atoms. The van der Waals surface area contributed by atoms with E-state index in [2.05, 4.69) is 10.6 Å². The largest absolute Gasteiger partial charge is 0.394 e. The van der Waals surface area contributed by atoms with E-state index in [1.54, 1.807) is 6.08 Å². The third kappa shape index (κ3) is 4.05. The second kappa shape index (κ2) is 6.85. The van der Waals surface area contributed by atoms with E-state index in [9.17, 15) is 14.7 Å². The van der Waals surface area contributed by atoms with E-state index in [1.165, 1.54) is 0 Å². The number of nitrogens with one attached hydrogen (secondary N) is 2. The first-order chi connectivity index (χ1) is 9.63. The van der Waals surface area contributed by atoms with Gasteiger partial charge >= 0.3 is 0 Å². The number of aliphatic hydroxyl groups excluding tert-OH is 1. The highest BCUT2D eigenvalue weighted by molar-refractivity contribution is 5.81. The molecule has 1 saturated carbocycles. The third-order valence-corrected chi connectivity index (χ3v) is 3.48. The maximum absolute atomic E-state index is 11.7. The van der Waals surface area contributed by atoms with Crippen molar-refractivity contribution in [1.82, 2.24) is 10.6 Å². The predicted octanol–water partition coefficient (Wildman–Crippen LogP) is -0.277. The Morgan fingerprint density at radius 3 is 2.70 bits per heavy atom. The molecule has 1 aliphatic heterocycles. The maximum atomic E-state index is 11.7. The summed E-state index contributed by atoms with van der Waals surface area (Å²) in [6.07, 6.45) is 4.84. The summed E-state index contributed by atoms with van der Waals surface area (Å²) in [5, 5.41) is 14.9. The van der Waals surface area contributed by atoms with Crippen LogP contribution in [0.2, 0.25) is 0 Å². The Balaban J connectivity index is 1.88. The van der Waals surface area contributed by atoms with Crippen LogP contribution in [0, 0.1) is 5.92 Å². The SMILES string of the molecule is CCNC(=O)C[C@@H]1C=C[C@@H](NC(=O)C2CC2)[C@H](CO)O1. The van der Waals surface area contributed by atoms with Gasteiger partial charge in [-0.3, -0.25) is 9.59 Å². The Kier molecular flexibility index (Phi) is 5.14. The number of hydrogen-bond donors (Lipinski definition) is 3. The molecular formula is C14H22N2O4. The molecule has 2 rings (SSSR count). The second-order valence-electron chi connectivity index (χ2n) is 5.25. The number of carbonyl (C=O) groups excluding carboxylic acids is 2. The van der Waals surface area contributed by atoms with Gasteiger partial charge < -0.3 is 20.5 Å². The smallest absolute Gasteiger partial charge is 0.223 e. The lowest BCUT2D eigenvalue weighted by Crippen LogP contribution is -2.49. The Morgan fingerprint density at radius 2 is 2.10 bits per heavy atom. The van der Waals surface area contributed by atoms with Crippen molar-refractivity contribution in [2.24, 2.45) is 5.92 Å². The van der Waals surface area contributed by atoms with Gasteiger partial charge in [-0.05, 0) is 19.8 Å². The molecule has 2 amide bonds. The molecule has 112 valence electrons. The zero-order valence-corrected chi connectivity index (χ0v) is 11.7. The summed E-state index contributed by atoms with van der Waals surface area (Å²) >= 11 is 0. The predicted molar refractivity (Wildman–Crippen MR) is 72.8 cm³/mol. The van der Waals surface area contributed by atoms with Gasteiger partial charge in [-0.25, -0.2) is 0 Å². The molecule has 0 spiro atoms. The van der Waals surface area contributed by atoms with Crippen LogP contribution >= 0.6 is 0 Å². The molecule has 1 fully saturated rings. The summed E-state index contributed by atoms with van der Waals surface area (Å²) in [5.74, 6) is 0.0546. The lowest BCUT2D eigenvalue weighted by Gasteiger charge is -2.31. The summed E-state index contributed by atoms with van der Waals surface area (Å²) in [6, 6.07) is -0.321. The van der Waals surface area contributed by atoms with Gasteiger partial charge in [0.25, 0.3) is 0 Å². The number of aliphatic hydroxyl groups is 1. The number of hydrogen-bond acceptors (Lipinski definition) is 4. The first-order valence-electron chi connectivity index (χ1n) is 7.15. The van der Waals surface area contributed by atoms with Crippen LogP contribution in [0.15, 0.2) is 12.2 Å². The summed E-state index contributed by atoms with van der Waals surface area (Å²) in [4.78, 5) is 23.2. The average molecular weight is 282 g/mol. The molecule has 3 atom stereocenters. The molecule has 1 heterocycles. The minimum absolute atomic E-state index is 0.0175. The van der Waals surface area contributed by atoms with Crippen molar-refractivity contribution in [1.29, 1.82) is 0 Å². The number of ether oxygens (including phenoxy) is 1. The van der Waals surface area contributed by atoms with Gasteiger partial charge in [0, 0.05) is 12.5 Å². The number of amides is 2. The van der Waals surface area contributed by atoms with Crippen LogP contribution in [0.5, 0.6) is 0 Å². The summed E-state index contributed by atoms with van der Waals surface area (Å²) in [5.41, 5.74) is 0. The van der Waals surface area contributed by atoms with E-state index in [1.807, 2.05) is 13.0 Å². The Labute approximate surface area is 118 Å². The molecular weight excluding hydrogens is 260 g/mol. The lowest BCUT2D eigenvalue weighted by molar-refractivity contribution is -0.128. The van der Waals surface area contributed by atoms with Crippen molar-refractivity contribution >= 4 is 11.8 Å². The highest BCUT2D eigenvalue weighted by Crippen LogP contribution is 2.29. The number of rotatable bonds is 6. The molecule has 2 aliphatic rings. The summed E-state index contributed by atoms with van der Waals surface area (Å²) < 4.78 is 5.65. The molecule has 6 heteroatoms. The first-order valence-corrected chi connectivity index (χ1v) is 7.15. The molecule has 6 nitrogen and oxygen atoms in total. The quantitative estimate of drug-likeness (QED) is 0.585. The van der Waals surface area contributed by atoms with Crippen LogP contribution < -0.4 is 10.6 Å². The molecule has 0 radical (unpaired) electrons. The minimum Gasteiger partial charge on any atom is -0.394 e. The van der Waals surface area contributed by atoms with Gasteiger partial charge in [-0.2, -0.15) is 0 Å². The standard InChI is InChI=1S/C14H22N2O4/c1-2-15-13(18)7-10-5-6-11(12(8-17)20-10)16-14(19)9-3-4-9/h5-6,9-12,17H,2-4,7-8H2,1H3,(H,15,18)(H,16,19)/t10-,11+,12-/m0/s1. The van der Waals surface area contributed by atoms with E-state index in [-0.39, 0.29) is 42.9 Å². The van der Waals surface area contributed by atoms with Gasteiger partial charge in [0.2, 0.25) is 11.8 Å². The molecule has 0 aromatic rings. The molecule has 20 heavy (non-hydrogen) atoms. The summed E-state index contributed by atoms with van der Waals surface area (Å²) in [6.45, 7) is 2.25. The first kappa shape index (κ1) is 15.0. The van der Waals surface area contributed by atoms with Gasteiger partial charge in [0.05, 0.1) is 25.2 Å². The highest BCUT2D eigenvalue weighted by atomic mass is 16.5. The fourth-order valence-corrected chi connectivity index (χ4v) is 2.22. The molecule has 0 aromatic carbocycles. The van der Waals surface area contributed by atoms with E-state index in [4.69, 9.17) is 4.74 Å². The summed E-state index contributed by atoms with van der Waals surface area (Å²) in [7, 11) is 0.